The molecule has 1 heterocycles. The Hall–Kier alpha value is -1.11. The van der Waals surface area contributed by atoms with E-state index in [1.807, 2.05) is 6.92 Å². The molecule has 1 aliphatic rings. The van der Waals surface area contributed by atoms with Gasteiger partial charge in [0, 0.05) is 13.0 Å². The van der Waals surface area contributed by atoms with Gasteiger partial charge >= 0.3 is 5.97 Å². The molecule has 0 bridgehead atoms. The van der Waals surface area contributed by atoms with Gasteiger partial charge in [0.2, 0.25) is 5.91 Å². The Kier molecular flexibility index (Phi) is 5.13. The van der Waals surface area contributed by atoms with Gasteiger partial charge in [-0.25, -0.2) is 8.42 Å². The van der Waals surface area contributed by atoms with Gasteiger partial charge in [-0.2, -0.15) is 0 Å². The monoisotopic (exact) mass is 277 g/mol. The molecule has 6 nitrogen and oxygen atoms in total. The van der Waals surface area contributed by atoms with Crippen LogP contribution in [0.3, 0.4) is 0 Å². The molecule has 0 aliphatic carbocycles. The third-order valence-corrected chi connectivity index (χ3v) is 4.70. The molecule has 1 amide bonds. The standard InChI is InChI=1S/C11H19NO5S/c1-2-3-4-10(13)12-5-6-18(16,17)8-9(12)7-11(14)15/h9H,2-8H2,1H3,(H,14,15). The summed E-state index contributed by atoms with van der Waals surface area (Å²) in [4.78, 5) is 24.0. The molecule has 0 aromatic heterocycles. The van der Waals surface area contributed by atoms with Gasteiger partial charge in [-0.3, -0.25) is 9.59 Å². The van der Waals surface area contributed by atoms with Crippen LogP contribution in [-0.4, -0.2) is 54.4 Å². The first-order valence-electron chi connectivity index (χ1n) is 6.07. The summed E-state index contributed by atoms with van der Waals surface area (Å²) < 4.78 is 23.0. The minimum absolute atomic E-state index is 0.0685. The highest BCUT2D eigenvalue weighted by atomic mass is 32.2. The quantitative estimate of drug-likeness (QED) is 0.779. The first-order chi connectivity index (χ1) is 8.35. The van der Waals surface area contributed by atoms with E-state index in [-0.39, 0.29) is 30.4 Å². The molecule has 1 aliphatic heterocycles. The van der Waals surface area contributed by atoms with Crippen LogP contribution >= 0.6 is 0 Å². The van der Waals surface area contributed by atoms with Crippen molar-refractivity contribution in [2.24, 2.45) is 0 Å². The molecule has 104 valence electrons. The van der Waals surface area contributed by atoms with E-state index in [9.17, 15) is 18.0 Å². The molecule has 1 saturated heterocycles. The zero-order valence-electron chi connectivity index (χ0n) is 10.5. The number of carboxylic acids is 1. The molecule has 1 unspecified atom stereocenters. The number of hydrogen-bond donors (Lipinski definition) is 1. The fourth-order valence-electron chi connectivity index (χ4n) is 2.06. The third-order valence-electron chi connectivity index (χ3n) is 3.01. The summed E-state index contributed by atoms with van der Waals surface area (Å²) in [6, 6.07) is -0.717. The average molecular weight is 277 g/mol. The highest BCUT2D eigenvalue weighted by molar-refractivity contribution is 7.91. The Labute approximate surface area is 107 Å². The molecular weight excluding hydrogens is 258 g/mol. The topological polar surface area (TPSA) is 91.8 Å². The molecule has 1 fully saturated rings. The number of sulfone groups is 1. The number of hydrogen-bond acceptors (Lipinski definition) is 4. The Morgan fingerprint density at radius 2 is 2.06 bits per heavy atom. The van der Waals surface area contributed by atoms with Gasteiger partial charge in [-0.15, -0.1) is 0 Å². The first-order valence-corrected chi connectivity index (χ1v) is 7.89. The number of unbranched alkanes of at least 4 members (excludes halogenated alkanes) is 1. The van der Waals surface area contributed by atoms with Crippen molar-refractivity contribution in [3.63, 3.8) is 0 Å². The molecule has 1 N–H and O–H groups in total. The Balaban J connectivity index is 2.74. The minimum atomic E-state index is -3.22. The van der Waals surface area contributed by atoms with Crippen molar-refractivity contribution >= 4 is 21.7 Å². The van der Waals surface area contributed by atoms with Crippen LogP contribution in [0, 0.1) is 0 Å². The van der Waals surface area contributed by atoms with Gasteiger partial charge in [0.05, 0.1) is 24.0 Å². The van der Waals surface area contributed by atoms with E-state index >= 15 is 0 Å². The zero-order valence-corrected chi connectivity index (χ0v) is 11.3. The largest absolute Gasteiger partial charge is 0.481 e. The number of carbonyl (C=O) groups is 2. The van der Waals surface area contributed by atoms with Crippen molar-refractivity contribution in [2.75, 3.05) is 18.1 Å². The number of aliphatic carboxylic acids is 1. The number of rotatable bonds is 5. The van der Waals surface area contributed by atoms with E-state index in [1.54, 1.807) is 0 Å². The van der Waals surface area contributed by atoms with Crippen molar-refractivity contribution < 1.29 is 23.1 Å². The molecule has 0 aromatic carbocycles. The number of nitrogens with zero attached hydrogens (tertiary/aromatic N) is 1. The van der Waals surface area contributed by atoms with Gasteiger partial charge in [-0.1, -0.05) is 13.3 Å². The van der Waals surface area contributed by atoms with E-state index in [0.717, 1.165) is 12.8 Å². The molecule has 18 heavy (non-hydrogen) atoms. The molecule has 0 aromatic rings. The summed E-state index contributed by atoms with van der Waals surface area (Å²) in [5.41, 5.74) is 0. The summed E-state index contributed by atoms with van der Waals surface area (Å²) in [6.07, 6.45) is 1.66. The van der Waals surface area contributed by atoms with Gasteiger partial charge in [0.15, 0.2) is 9.84 Å². The van der Waals surface area contributed by atoms with Crippen LogP contribution in [0.5, 0.6) is 0 Å². The van der Waals surface area contributed by atoms with Crippen LogP contribution in [0.25, 0.3) is 0 Å². The molecule has 0 radical (unpaired) electrons. The smallest absolute Gasteiger partial charge is 0.305 e. The lowest BCUT2D eigenvalue weighted by Gasteiger charge is -2.34. The second-order valence-corrected chi connectivity index (χ2v) is 6.79. The molecule has 0 saturated carbocycles. The van der Waals surface area contributed by atoms with E-state index in [1.165, 1.54) is 4.90 Å². The van der Waals surface area contributed by atoms with Crippen LogP contribution in [0.4, 0.5) is 0 Å². The first kappa shape index (κ1) is 14.9. The van der Waals surface area contributed by atoms with E-state index < -0.39 is 21.8 Å². The predicted octanol–water partition coefficient (Wildman–Crippen LogP) is 0.277. The van der Waals surface area contributed by atoms with Gasteiger partial charge < -0.3 is 10.0 Å². The summed E-state index contributed by atoms with van der Waals surface area (Å²) in [7, 11) is -3.22. The van der Waals surface area contributed by atoms with Crippen LogP contribution in [0.1, 0.15) is 32.6 Å². The maximum atomic E-state index is 11.9. The van der Waals surface area contributed by atoms with E-state index in [4.69, 9.17) is 5.11 Å². The fraction of sp³-hybridized carbons (Fsp3) is 0.818. The van der Waals surface area contributed by atoms with Crippen molar-refractivity contribution in [1.82, 2.24) is 4.90 Å². The summed E-state index contributed by atoms with van der Waals surface area (Å²) in [6.45, 7) is 2.07. The summed E-state index contributed by atoms with van der Waals surface area (Å²) >= 11 is 0. The molecule has 7 heteroatoms. The average Bonchev–Trinajstić information content (AvgIpc) is 2.24. The highest BCUT2D eigenvalue weighted by Crippen LogP contribution is 2.17. The summed E-state index contributed by atoms with van der Waals surface area (Å²) in [5.74, 6) is -1.53. The minimum Gasteiger partial charge on any atom is -0.481 e. The molecule has 1 rings (SSSR count). The molecule has 0 spiro atoms. The number of carboxylic acid groups (broad SMARTS) is 1. The van der Waals surface area contributed by atoms with Gasteiger partial charge in [-0.05, 0) is 6.42 Å². The van der Waals surface area contributed by atoms with Gasteiger partial charge in [0.1, 0.15) is 0 Å². The van der Waals surface area contributed by atoms with E-state index in [2.05, 4.69) is 0 Å². The lowest BCUT2D eigenvalue weighted by molar-refractivity contribution is -0.140. The van der Waals surface area contributed by atoms with Crippen LogP contribution in [-0.2, 0) is 19.4 Å². The second kappa shape index (κ2) is 6.17. The van der Waals surface area contributed by atoms with Crippen molar-refractivity contribution in [1.29, 1.82) is 0 Å². The number of amides is 1. The van der Waals surface area contributed by atoms with Crippen LogP contribution in [0.2, 0.25) is 0 Å². The maximum Gasteiger partial charge on any atom is 0.305 e. The predicted molar refractivity (Wildman–Crippen MR) is 65.9 cm³/mol. The maximum absolute atomic E-state index is 11.9. The van der Waals surface area contributed by atoms with Crippen molar-refractivity contribution in [3.8, 4) is 0 Å². The van der Waals surface area contributed by atoms with E-state index in [0.29, 0.717) is 6.42 Å². The van der Waals surface area contributed by atoms with Crippen LogP contribution < -0.4 is 0 Å². The Morgan fingerprint density at radius 3 is 2.61 bits per heavy atom. The zero-order chi connectivity index (χ0) is 13.8. The van der Waals surface area contributed by atoms with Crippen LogP contribution in [0.15, 0.2) is 0 Å². The fourth-order valence-corrected chi connectivity index (χ4v) is 3.58. The Bertz CT molecular complexity index is 417. The SMILES string of the molecule is CCCCC(=O)N1CCS(=O)(=O)CC1CC(=O)O. The van der Waals surface area contributed by atoms with Crippen molar-refractivity contribution in [2.45, 2.75) is 38.6 Å². The molecular formula is C11H19NO5S. The molecule has 1 atom stereocenters. The lowest BCUT2D eigenvalue weighted by Crippen LogP contribution is -2.51. The highest BCUT2D eigenvalue weighted by Gasteiger charge is 2.34. The third kappa shape index (κ3) is 4.29. The Morgan fingerprint density at radius 1 is 1.39 bits per heavy atom. The summed E-state index contributed by atoms with van der Waals surface area (Å²) in [5, 5.41) is 8.78. The van der Waals surface area contributed by atoms with Gasteiger partial charge in [0.25, 0.3) is 0 Å². The number of carbonyl (C=O) groups excluding carboxylic acids is 1. The second-order valence-electron chi connectivity index (χ2n) is 4.56. The normalized spacial score (nSPS) is 22.7. The van der Waals surface area contributed by atoms with Crippen molar-refractivity contribution in [3.05, 3.63) is 0 Å². The lowest BCUT2D eigenvalue weighted by atomic mass is 10.1.